The van der Waals surface area contributed by atoms with E-state index in [4.69, 9.17) is 16.5 Å². The molecule has 1 fully saturated rings. The Labute approximate surface area is 93.5 Å². The van der Waals surface area contributed by atoms with E-state index in [-0.39, 0.29) is 0 Å². The summed E-state index contributed by atoms with van der Waals surface area (Å²) in [7, 11) is -5.83. The van der Waals surface area contributed by atoms with E-state index in [1.54, 1.807) is 0 Å². The Balaban J connectivity index is 2.39. The summed E-state index contributed by atoms with van der Waals surface area (Å²) in [6, 6.07) is 0.724. The highest BCUT2D eigenvalue weighted by Crippen LogP contribution is 2.01. The van der Waals surface area contributed by atoms with Gasteiger partial charge in [-0.15, -0.1) is 0 Å². The van der Waals surface area contributed by atoms with E-state index in [9.17, 15) is 4.80 Å². The zero-order chi connectivity index (χ0) is 10.4. The van der Waals surface area contributed by atoms with Crippen molar-refractivity contribution in [3.8, 4) is 0 Å². The standard InChI is InChI=1S/C4H16O5Si5/c1-14(2,5)4-3-13-8-11-6-10-7-12-9-13/h3,5H,4,10-12H2,1-2H3. The lowest BCUT2D eigenvalue weighted by Gasteiger charge is -2.17. The van der Waals surface area contributed by atoms with Crippen LogP contribution in [-0.4, -0.2) is 57.7 Å². The summed E-state index contributed by atoms with van der Waals surface area (Å²) in [5, 5.41) is 0. The summed E-state index contributed by atoms with van der Waals surface area (Å²) in [6.07, 6.45) is 0. The molecule has 0 spiro atoms. The number of hydrogen-bond acceptors (Lipinski definition) is 5. The van der Waals surface area contributed by atoms with Crippen molar-refractivity contribution in [1.82, 2.24) is 0 Å². The van der Waals surface area contributed by atoms with Crippen LogP contribution in [0, 0.1) is 0 Å². The minimum atomic E-state index is -2.00. The molecular weight excluding hydrogens is 268 g/mol. The van der Waals surface area contributed by atoms with Crippen LogP contribution in [0.4, 0.5) is 0 Å². The van der Waals surface area contributed by atoms with Crippen molar-refractivity contribution in [1.29, 1.82) is 0 Å². The van der Waals surface area contributed by atoms with Gasteiger partial charge in [0.1, 0.15) is 0 Å². The molecule has 1 heterocycles. The maximum absolute atomic E-state index is 9.65. The van der Waals surface area contributed by atoms with Crippen LogP contribution >= 0.6 is 0 Å². The minimum Gasteiger partial charge on any atom is -0.564 e. The van der Waals surface area contributed by atoms with Gasteiger partial charge >= 0.3 is 28.9 Å². The van der Waals surface area contributed by atoms with E-state index < -0.39 is 47.2 Å². The molecule has 10 heteroatoms. The largest absolute Gasteiger partial charge is 0.564 e. The van der Waals surface area contributed by atoms with Crippen molar-refractivity contribution in [3.63, 3.8) is 0 Å². The van der Waals surface area contributed by atoms with E-state index in [2.05, 4.69) is 0 Å². The summed E-state index contributed by atoms with van der Waals surface area (Å²) < 4.78 is 21.6. The fourth-order valence-corrected chi connectivity index (χ4v) is 10.7. The lowest BCUT2D eigenvalue weighted by molar-refractivity contribution is 0.343. The van der Waals surface area contributed by atoms with E-state index in [1.165, 1.54) is 0 Å². The van der Waals surface area contributed by atoms with Crippen LogP contribution in [0.2, 0.25) is 19.1 Å². The van der Waals surface area contributed by atoms with Crippen molar-refractivity contribution in [3.05, 3.63) is 0 Å². The Bertz CT molecular complexity index is 193. The first kappa shape index (κ1) is 12.5. The van der Waals surface area contributed by atoms with Crippen molar-refractivity contribution in [2.24, 2.45) is 0 Å². The second-order valence-corrected chi connectivity index (χ2v) is 15.0. The zero-order valence-corrected chi connectivity index (χ0v) is 14.7. The van der Waals surface area contributed by atoms with Crippen LogP contribution in [0.5, 0.6) is 0 Å². The third-order valence-electron chi connectivity index (χ3n) is 1.50. The predicted molar refractivity (Wildman–Crippen MR) is 66.3 cm³/mol. The molecule has 1 N–H and O–H groups in total. The predicted octanol–water partition coefficient (Wildman–Crippen LogP) is -2.87. The van der Waals surface area contributed by atoms with E-state index >= 15 is 0 Å². The Morgan fingerprint density at radius 2 is 1.79 bits per heavy atom. The van der Waals surface area contributed by atoms with Crippen LogP contribution < -0.4 is 0 Å². The topological polar surface area (TPSA) is 57.2 Å². The van der Waals surface area contributed by atoms with Crippen molar-refractivity contribution >= 4 is 52.9 Å². The van der Waals surface area contributed by atoms with Crippen LogP contribution in [0.15, 0.2) is 0 Å². The van der Waals surface area contributed by atoms with Gasteiger partial charge in [-0.25, -0.2) is 0 Å². The molecule has 0 saturated carbocycles. The average molecular weight is 285 g/mol. The monoisotopic (exact) mass is 284 g/mol. The molecule has 0 radical (unpaired) electrons. The Morgan fingerprint density at radius 3 is 2.29 bits per heavy atom. The van der Waals surface area contributed by atoms with Gasteiger partial charge < -0.3 is 21.3 Å². The van der Waals surface area contributed by atoms with Gasteiger partial charge in [-0.05, 0) is 24.8 Å². The van der Waals surface area contributed by atoms with E-state index in [0.29, 0.717) is 0 Å². The van der Waals surface area contributed by atoms with E-state index in [0.717, 1.165) is 6.04 Å². The van der Waals surface area contributed by atoms with Crippen LogP contribution in [-0.2, 0) is 16.5 Å². The van der Waals surface area contributed by atoms with Gasteiger partial charge in [0.05, 0.1) is 0 Å². The summed E-state index contributed by atoms with van der Waals surface area (Å²) in [6.45, 7) is 3.81. The molecule has 0 aromatic carbocycles. The van der Waals surface area contributed by atoms with Crippen molar-refractivity contribution in [2.75, 3.05) is 0 Å². The van der Waals surface area contributed by atoms with Crippen LogP contribution in [0.25, 0.3) is 0 Å². The molecule has 0 amide bonds. The molecule has 14 heavy (non-hydrogen) atoms. The molecule has 0 aromatic rings. The molecule has 1 rings (SSSR count). The van der Waals surface area contributed by atoms with Gasteiger partial charge in [-0.3, -0.25) is 0 Å². The molecule has 1 aliphatic heterocycles. The first-order chi connectivity index (χ1) is 6.58. The zero-order valence-electron chi connectivity index (χ0n) is 8.49. The smallest absolute Gasteiger partial charge is 0.447 e. The van der Waals surface area contributed by atoms with Gasteiger partial charge in [0.25, 0.3) is 10.0 Å². The average Bonchev–Trinajstić information content (AvgIpc) is 2.00. The second kappa shape index (κ2) is 6.11. The highest BCUT2D eigenvalue weighted by atomic mass is 28.4. The summed E-state index contributed by atoms with van der Waals surface area (Å²) in [5.74, 6) is 0. The second-order valence-electron chi connectivity index (χ2n) is 3.59. The highest BCUT2D eigenvalue weighted by molar-refractivity contribution is 6.77. The molecular formula is C4H16O5Si5. The Hall–Kier alpha value is 0.434. The lowest BCUT2D eigenvalue weighted by atomic mass is 11.0. The molecule has 5 nitrogen and oxygen atoms in total. The normalized spacial score (nSPS) is 24.1. The van der Waals surface area contributed by atoms with Crippen LogP contribution in [0.3, 0.4) is 0 Å². The number of hydrogen-bond donors (Lipinski definition) is 1. The van der Waals surface area contributed by atoms with Gasteiger partial charge in [0.2, 0.25) is 0 Å². The first-order valence-corrected chi connectivity index (χ1v) is 12.4. The van der Waals surface area contributed by atoms with Gasteiger partial charge in [0, 0.05) is 0 Å². The van der Waals surface area contributed by atoms with Crippen molar-refractivity contribution in [2.45, 2.75) is 19.1 Å². The molecule has 0 aliphatic carbocycles. The maximum Gasteiger partial charge on any atom is 0.447 e. The molecule has 0 atom stereocenters. The lowest BCUT2D eigenvalue weighted by Crippen LogP contribution is -2.32. The molecule has 0 bridgehead atoms. The maximum atomic E-state index is 9.65. The summed E-state index contributed by atoms with van der Waals surface area (Å²) in [5.41, 5.74) is 2.00. The van der Waals surface area contributed by atoms with Gasteiger partial charge in [0.15, 0.2) is 8.32 Å². The van der Waals surface area contributed by atoms with Gasteiger partial charge in [-0.1, -0.05) is 0 Å². The molecule has 0 unspecified atom stereocenters. The SMILES string of the molecule is C[Si](C)(O)CC=[Si]1O[SiH2]O[SiH2]O[SiH2]O1. The first-order valence-electron chi connectivity index (χ1n) is 4.41. The van der Waals surface area contributed by atoms with Crippen molar-refractivity contribution < 1.29 is 21.3 Å². The Morgan fingerprint density at radius 1 is 1.21 bits per heavy atom. The third-order valence-corrected chi connectivity index (χ3v) is 9.54. The van der Waals surface area contributed by atoms with E-state index in [1.807, 2.05) is 18.8 Å². The summed E-state index contributed by atoms with van der Waals surface area (Å²) >= 11 is 0. The molecule has 1 aliphatic rings. The summed E-state index contributed by atoms with van der Waals surface area (Å²) in [4.78, 5) is 9.65. The third kappa shape index (κ3) is 6.02. The molecule has 82 valence electrons. The quantitative estimate of drug-likeness (QED) is 0.553. The molecule has 1 saturated heterocycles. The fourth-order valence-electron chi connectivity index (χ4n) is 0.819. The Kier molecular flexibility index (Phi) is 5.46. The fraction of sp³-hybridized carbons (Fsp3) is 0.750. The van der Waals surface area contributed by atoms with Gasteiger partial charge in [-0.2, -0.15) is 0 Å². The highest BCUT2D eigenvalue weighted by Gasteiger charge is 2.17. The molecule has 0 aromatic heterocycles. The minimum absolute atomic E-state index is 0.724. The number of rotatable bonds is 2. The van der Waals surface area contributed by atoms with Crippen LogP contribution in [0.1, 0.15) is 0 Å².